The molecule has 1 aliphatic heterocycles. The highest BCUT2D eigenvalue weighted by atomic mass is 79.9. The number of hydrogen-bond donors (Lipinski definition) is 0. The van der Waals surface area contributed by atoms with Crippen LogP contribution in [0, 0.1) is 5.92 Å². The molecule has 1 unspecified atom stereocenters. The summed E-state index contributed by atoms with van der Waals surface area (Å²) in [5.41, 5.74) is 0. The predicted molar refractivity (Wildman–Crippen MR) is 62.5 cm³/mol. The number of hydrogen-bond acceptors (Lipinski definition) is 2. The van der Waals surface area contributed by atoms with E-state index in [0.717, 1.165) is 19.5 Å². The van der Waals surface area contributed by atoms with Crippen LogP contribution in [0.4, 0.5) is 5.82 Å². The summed E-state index contributed by atoms with van der Waals surface area (Å²) in [6, 6.07) is -0.0658. The van der Waals surface area contributed by atoms with Crippen molar-refractivity contribution >= 4 is 21.7 Å². The molecule has 14 heavy (non-hydrogen) atoms. The van der Waals surface area contributed by atoms with Crippen LogP contribution in [-0.4, -0.2) is 18.1 Å². The van der Waals surface area contributed by atoms with Gasteiger partial charge in [-0.1, -0.05) is 6.92 Å². The fourth-order valence-electron chi connectivity index (χ4n) is 1.86. The summed E-state index contributed by atoms with van der Waals surface area (Å²) < 4.78 is 23.5. The maximum Gasteiger partial charge on any atom is 0.142 e. The smallest absolute Gasteiger partial charge is 0.142 e. The van der Waals surface area contributed by atoms with Crippen LogP contribution in [0.5, 0.6) is 0 Å². The number of nitrogens with zero attached hydrogens (tertiary/aromatic N) is 2. The van der Waals surface area contributed by atoms with E-state index in [-0.39, 0.29) is 18.3 Å². The van der Waals surface area contributed by atoms with E-state index in [4.69, 9.17) is 4.11 Å². The normalized spacial score (nSPS) is 25.4. The SMILES string of the molecule is [2H]c1nc(N2CCCC(C)C2)c(Br)c([2H])c1[2H]. The zero-order valence-corrected chi connectivity index (χ0v) is 9.76. The van der Waals surface area contributed by atoms with Crippen molar-refractivity contribution in [2.75, 3.05) is 18.0 Å². The summed E-state index contributed by atoms with van der Waals surface area (Å²) in [5, 5.41) is 0. The lowest BCUT2D eigenvalue weighted by atomic mass is 10.0. The summed E-state index contributed by atoms with van der Waals surface area (Å²) in [6.07, 6.45) is 2.21. The number of anilines is 1. The van der Waals surface area contributed by atoms with Crippen molar-refractivity contribution in [2.24, 2.45) is 5.92 Å². The lowest BCUT2D eigenvalue weighted by molar-refractivity contribution is 0.444. The molecule has 0 saturated carbocycles. The molecule has 1 aliphatic rings. The van der Waals surface area contributed by atoms with Gasteiger partial charge in [0.15, 0.2) is 0 Å². The maximum absolute atomic E-state index is 7.77. The highest BCUT2D eigenvalue weighted by Crippen LogP contribution is 2.27. The molecule has 0 amide bonds. The van der Waals surface area contributed by atoms with Gasteiger partial charge in [0.1, 0.15) is 5.82 Å². The van der Waals surface area contributed by atoms with Crippen molar-refractivity contribution in [1.82, 2.24) is 4.98 Å². The molecule has 1 aromatic rings. The Morgan fingerprint density at radius 1 is 1.71 bits per heavy atom. The van der Waals surface area contributed by atoms with Gasteiger partial charge in [-0.3, -0.25) is 0 Å². The standard InChI is InChI=1S/C11H15BrN2/c1-9-4-3-7-14(8-9)11-10(12)5-2-6-13-11/h2,5-6,9H,3-4,7-8H2,1H3/i2D,5D,6D. The Morgan fingerprint density at radius 3 is 3.36 bits per heavy atom. The molecule has 1 saturated heterocycles. The van der Waals surface area contributed by atoms with Gasteiger partial charge in [-0.25, -0.2) is 4.98 Å². The second-order valence-corrected chi connectivity index (χ2v) is 4.60. The van der Waals surface area contributed by atoms with E-state index in [2.05, 4.69) is 32.7 Å². The molecule has 0 spiro atoms. The van der Waals surface area contributed by atoms with Gasteiger partial charge in [-0.15, -0.1) is 0 Å². The average Bonchev–Trinajstić information content (AvgIpc) is 2.31. The summed E-state index contributed by atoms with van der Waals surface area (Å²) >= 11 is 3.33. The molecule has 0 aliphatic carbocycles. The first kappa shape index (κ1) is 6.83. The first-order valence-electron chi connectivity index (χ1n) is 6.39. The number of rotatable bonds is 1. The molecule has 0 radical (unpaired) electrons. The van der Waals surface area contributed by atoms with Crippen molar-refractivity contribution in [2.45, 2.75) is 19.8 Å². The van der Waals surface area contributed by atoms with E-state index in [1.165, 1.54) is 6.42 Å². The van der Waals surface area contributed by atoms with Crippen molar-refractivity contribution in [3.05, 3.63) is 22.7 Å². The van der Waals surface area contributed by atoms with Crippen molar-refractivity contribution in [3.8, 4) is 0 Å². The zero-order chi connectivity index (χ0) is 12.6. The van der Waals surface area contributed by atoms with Gasteiger partial charge in [0.2, 0.25) is 0 Å². The van der Waals surface area contributed by atoms with Crippen molar-refractivity contribution in [1.29, 1.82) is 0 Å². The Bertz CT molecular complexity index is 439. The van der Waals surface area contributed by atoms with E-state index in [0.29, 0.717) is 16.2 Å². The number of pyridine rings is 1. The van der Waals surface area contributed by atoms with Crippen molar-refractivity contribution < 1.29 is 4.11 Å². The molecule has 0 aromatic carbocycles. The van der Waals surface area contributed by atoms with E-state index in [9.17, 15) is 0 Å². The van der Waals surface area contributed by atoms with E-state index < -0.39 is 0 Å². The maximum atomic E-state index is 7.77. The second-order valence-electron chi connectivity index (χ2n) is 3.80. The third kappa shape index (κ3) is 2.08. The van der Waals surface area contributed by atoms with Crippen LogP contribution < -0.4 is 4.90 Å². The molecule has 2 nitrogen and oxygen atoms in total. The summed E-state index contributed by atoms with van der Waals surface area (Å²) in [4.78, 5) is 6.23. The van der Waals surface area contributed by atoms with Crippen LogP contribution in [0.15, 0.2) is 22.7 Å². The molecule has 0 N–H and O–H groups in total. The van der Waals surface area contributed by atoms with Gasteiger partial charge in [0.05, 0.1) is 8.58 Å². The zero-order valence-electron chi connectivity index (χ0n) is 11.2. The summed E-state index contributed by atoms with van der Waals surface area (Å²) in [6.45, 7) is 4.01. The van der Waals surface area contributed by atoms with E-state index in [1.807, 2.05) is 0 Å². The van der Waals surface area contributed by atoms with Gasteiger partial charge < -0.3 is 4.90 Å². The molecule has 1 atom stereocenters. The minimum Gasteiger partial charge on any atom is -0.355 e. The van der Waals surface area contributed by atoms with Crippen LogP contribution in [0.2, 0.25) is 0 Å². The Balaban J connectivity index is 2.38. The monoisotopic (exact) mass is 257 g/mol. The average molecular weight is 258 g/mol. The molecule has 3 heteroatoms. The Labute approximate surface area is 97.7 Å². The van der Waals surface area contributed by atoms with Crippen LogP contribution in [0.25, 0.3) is 0 Å². The molecule has 2 rings (SSSR count). The van der Waals surface area contributed by atoms with Gasteiger partial charge in [-0.2, -0.15) is 0 Å². The largest absolute Gasteiger partial charge is 0.355 e. The highest BCUT2D eigenvalue weighted by Gasteiger charge is 2.18. The fourth-order valence-corrected chi connectivity index (χ4v) is 2.30. The lowest BCUT2D eigenvalue weighted by Gasteiger charge is -2.32. The summed E-state index contributed by atoms with van der Waals surface area (Å²) in [5.74, 6) is 1.25. The molecule has 2 heterocycles. The molecule has 1 aromatic heterocycles. The van der Waals surface area contributed by atoms with Gasteiger partial charge in [-0.05, 0) is 46.8 Å². The Kier molecular flexibility index (Phi) is 2.10. The molecule has 0 bridgehead atoms. The van der Waals surface area contributed by atoms with Crippen LogP contribution in [-0.2, 0) is 0 Å². The Morgan fingerprint density at radius 2 is 2.57 bits per heavy atom. The highest BCUT2D eigenvalue weighted by molar-refractivity contribution is 9.10. The quantitative estimate of drug-likeness (QED) is 0.769. The third-order valence-corrected chi connectivity index (χ3v) is 3.10. The molecular weight excluding hydrogens is 240 g/mol. The molecular formula is C11H15BrN2. The number of piperidine rings is 1. The second kappa shape index (κ2) is 4.30. The topological polar surface area (TPSA) is 16.1 Å². The van der Waals surface area contributed by atoms with Gasteiger partial charge >= 0.3 is 0 Å². The minimum absolute atomic E-state index is 0.0539. The van der Waals surface area contributed by atoms with Crippen LogP contribution >= 0.6 is 15.9 Å². The van der Waals surface area contributed by atoms with E-state index >= 15 is 0 Å². The number of halogens is 1. The van der Waals surface area contributed by atoms with Gasteiger partial charge in [0, 0.05) is 19.3 Å². The van der Waals surface area contributed by atoms with Crippen LogP contribution in [0.3, 0.4) is 0 Å². The van der Waals surface area contributed by atoms with Crippen molar-refractivity contribution in [3.63, 3.8) is 0 Å². The predicted octanol–water partition coefficient (Wildman–Crippen LogP) is 3.08. The summed E-state index contributed by atoms with van der Waals surface area (Å²) in [7, 11) is 0. The first-order valence-corrected chi connectivity index (χ1v) is 5.68. The lowest BCUT2D eigenvalue weighted by Crippen LogP contribution is -2.34. The molecule has 76 valence electrons. The first-order chi connectivity index (χ1) is 8.00. The van der Waals surface area contributed by atoms with E-state index in [1.54, 1.807) is 0 Å². The molecule has 1 fully saturated rings. The number of aromatic nitrogens is 1. The Hall–Kier alpha value is -0.570. The fraction of sp³-hybridized carbons (Fsp3) is 0.545. The van der Waals surface area contributed by atoms with Gasteiger partial charge in [0.25, 0.3) is 0 Å². The van der Waals surface area contributed by atoms with Crippen LogP contribution in [0.1, 0.15) is 23.9 Å². The minimum atomic E-state index is -0.120. The third-order valence-electron chi connectivity index (χ3n) is 2.54.